The van der Waals surface area contributed by atoms with Crippen molar-refractivity contribution in [3.63, 3.8) is 0 Å². The Bertz CT molecular complexity index is 703. The van der Waals surface area contributed by atoms with Crippen molar-refractivity contribution in [1.29, 1.82) is 0 Å². The Balaban J connectivity index is 2.58. The number of carbonyl (C=O) groups is 1. The van der Waals surface area contributed by atoms with E-state index in [0.717, 1.165) is 19.2 Å². The molecule has 0 aliphatic carbocycles. The number of alkyl halides is 1. The van der Waals surface area contributed by atoms with Gasteiger partial charge in [-0.1, -0.05) is 0 Å². The molecule has 1 fully saturated rings. The van der Waals surface area contributed by atoms with Crippen molar-refractivity contribution >= 4 is 6.09 Å². The lowest BCUT2D eigenvalue weighted by molar-refractivity contribution is -0.207. The van der Waals surface area contributed by atoms with E-state index in [4.69, 9.17) is 14.9 Å². The van der Waals surface area contributed by atoms with Gasteiger partial charge < -0.3 is 25.4 Å². The Kier molecular flexibility index (Phi) is 3.81. The van der Waals surface area contributed by atoms with Gasteiger partial charge in [0.25, 0.3) is 11.4 Å². The zero-order valence-corrected chi connectivity index (χ0v) is 11.3. The topological polar surface area (TPSA) is 154 Å². The number of rotatable bonds is 3. The molecule has 1 amide bonds. The number of aliphatic hydroxyl groups is 2. The lowest BCUT2D eigenvalue weighted by Gasteiger charge is -2.32. The fourth-order valence-corrected chi connectivity index (χ4v) is 2.40. The van der Waals surface area contributed by atoms with Crippen LogP contribution in [0.3, 0.4) is 0 Å². The summed E-state index contributed by atoms with van der Waals surface area (Å²) in [5.41, 5.74) is -3.71. The zero-order valence-electron chi connectivity index (χ0n) is 11.3. The van der Waals surface area contributed by atoms with Gasteiger partial charge in [0, 0.05) is 12.3 Å². The summed E-state index contributed by atoms with van der Waals surface area (Å²) in [5, 5.41) is 29.8. The minimum absolute atomic E-state index is 0.706. The Morgan fingerprint density at radius 3 is 2.73 bits per heavy atom. The average Bonchev–Trinajstić information content (AvgIpc) is 2.61. The van der Waals surface area contributed by atoms with Gasteiger partial charge in [-0.3, -0.25) is 14.3 Å². The van der Waals surface area contributed by atoms with Gasteiger partial charge in [-0.2, -0.15) is 0 Å². The van der Waals surface area contributed by atoms with E-state index in [1.54, 1.807) is 0 Å². The van der Waals surface area contributed by atoms with Crippen LogP contribution in [0.4, 0.5) is 9.18 Å². The van der Waals surface area contributed by atoms with Crippen molar-refractivity contribution in [3.8, 4) is 0 Å². The Morgan fingerprint density at radius 2 is 2.23 bits per heavy atom. The summed E-state index contributed by atoms with van der Waals surface area (Å²) in [5.74, 6) is -2.99. The van der Waals surface area contributed by atoms with E-state index in [2.05, 4.69) is 0 Å². The SMILES string of the molecule is C[C@]1(NC(=O)O)C(O)[C@@](F)(CO)O[C@H]1n1ccc(=O)[nH]c1=O. The number of amides is 1. The fourth-order valence-electron chi connectivity index (χ4n) is 2.40. The van der Waals surface area contributed by atoms with Crippen LogP contribution >= 0.6 is 0 Å². The molecule has 4 atom stereocenters. The van der Waals surface area contributed by atoms with Crippen LogP contribution in [-0.4, -0.2) is 55.1 Å². The maximum Gasteiger partial charge on any atom is 0.405 e. The van der Waals surface area contributed by atoms with Crippen molar-refractivity contribution in [2.45, 2.75) is 30.6 Å². The molecule has 1 unspecified atom stereocenters. The monoisotopic (exact) mass is 319 g/mol. The predicted molar refractivity (Wildman–Crippen MR) is 67.9 cm³/mol. The van der Waals surface area contributed by atoms with Crippen molar-refractivity contribution in [1.82, 2.24) is 14.9 Å². The smallest absolute Gasteiger partial charge is 0.405 e. The molecule has 1 aromatic rings. The quantitative estimate of drug-likeness (QED) is 0.436. The molecule has 2 heterocycles. The second-order valence-electron chi connectivity index (χ2n) is 5.05. The molecule has 11 heteroatoms. The van der Waals surface area contributed by atoms with Crippen LogP contribution in [0.1, 0.15) is 13.2 Å². The van der Waals surface area contributed by atoms with Gasteiger partial charge in [0.2, 0.25) is 0 Å². The first-order valence-electron chi connectivity index (χ1n) is 6.12. The van der Waals surface area contributed by atoms with Gasteiger partial charge >= 0.3 is 11.8 Å². The van der Waals surface area contributed by atoms with E-state index in [9.17, 15) is 23.9 Å². The molecular formula is C11H14FN3O7. The first-order valence-corrected chi connectivity index (χ1v) is 6.12. The molecule has 10 nitrogen and oxygen atoms in total. The average molecular weight is 319 g/mol. The van der Waals surface area contributed by atoms with Crippen molar-refractivity contribution in [3.05, 3.63) is 33.1 Å². The highest BCUT2D eigenvalue weighted by Crippen LogP contribution is 2.44. The van der Waals surface area contributed by atoms with Crippen LogP contribution in [-0.2, 0) is 4.74 Å². The minimum Gasteiger partial charge on any atom is -0.465 e. The number of aromatic nitrogens is 2. The summed E-state index contributed by atoms with van der Waals surface area (Å²) in [6, 6.07) is 0.940. The maximum absolute atomic E-state index is 14.4. The highest BCUT2D eigenvalue weighted by molar-refractivity contribution is 5.66. The second-order valence-corrected chi connectivity index (χ2v) is 5.05. The number of halogens is 1. The molecule has 2 rings (SSSR count). The largest absolute Gasteiger partial charge is 0.465 e. The van der Waals surface area contributed by atoms with Crippen molar-refractivity contribution in [2.75, 3.05) is 6.61 Å². The first-order chi connectivity index (χ1) is 10.1. The fraction of sp³-hybridized carbons (Fsp3) is 0.545. The number of H-pyrrole nitrogens is 1. The Morgan fingerprint density at radius 1 is 1.59 bits per heavy atom. The standard InChI is InChI=1S/C11H14FN3O7/c1-10(14-9(20)21)6(18)11(12,4-16)22-7(10)15-3-2-5(17)13-8(15)19/h2-3,6-7,14,16,18H,4H2,1H3,(H,20,21)(H,13,17,19)/t6?,7-,10+,11-/m1/s1. The summed E-state index contributed by atoms with van der Waals surface area (Å²) >= 11 is 0. The zero-order chi connectivity index (χ0) is 16.7. The lowest BCUT2D eigenvalue weighted by Crippen LogP contribution is -2.59. The third kappa shape index (κ3) is 2.38. The maximum atomic E-state index is 14.4. The van der Waals surface area contributed by atoms with E-state index in [0.29, 0.717) is 4.57 Å². The molecule has 0 bridgehead atoms. The van der Waals surface area contributed by atoms with Crippen LogP contribution < -0.4 is 16.6 Å². The van der Waals surface area contributed by atoms with Crippen molar-refractivity contribution < 1.29 is 29.2 Å². The molecule has 0 aromatic carbocycles. The summed E-state index contributed by atoms with van der Waals surface area (Å²) in [7, 11) is 0. The third-order valence-electron chi connectivity index (χ3n) is 3.49. The van der Waals surface area contributed by atoms with Crippen LogP contribution in [0.5, 0.6) is 0 Å². The van der Waals surface area contributed by atoms with Crippen LogP contribution in [0.2, 0.25) is 0 Å². The molecule has 1 aromatic heterocycles. The summed E-state index contributed by atoms with van der Waals surface area (Å²) < 4.78 is 20.0. The lowest BCUT2D eigenvalue weighted by atomic mass is 9.91. The highest BCUT2D eigenvalue weighted by atomic mass is 19.2. The molecule has 5 N–H and O–H groups in total. The predicted octanol–water partition coefficient (Wildman–Crippen LogP) is -1.89. The van der Waals surface area contributed by atoms with Gasteiger partial charge in [0.15, 0.2) is 6.23 Å². The van der Waals surface area contributed by atoms with Crippen LogP contribution in [0, 0.1) is 0 Å². The molecule has 1 aliphatic rings. The van der Waals surface area contributed by atoms with E-state index < -0.39 is 47.7 Å². The summed E-state index contributed by atoms with van der Waals surface area (Å²) in [6.07, 6.45) is -4.39. The van der Waals surface area contributed by atoms with E-state index in [1.807, 2.05) is 10.3 Å². The molecule has 122 valence electrons. The molecule has 0 spiro atoms. The van der Waals surface area contributed by atoms with Crippen LogP contribution in [0.15, 0.2) is 21.9 Å². The molecule has 22 heavy (non-hydrogen) atoms. The normalized spacial score (nSPS) is 34.5. The number of aromatic amines is 1. The van der Waals surface area contributed by atoms with Crippen molar-refractivity contribution in [2.24, 2.45) is 0 Å². The number of nitrogens with zero attached hydrogens (tertiary/aromatic N) is 1. The minimum atomic E-state index is -2.99. The molecule has 0 saturated carbocycles. The number of carboxylic acid groups (broad SMARTS) is 1. The number of hydrogen-bond acceptors (Lipinski definition) is 6. The first kappa shape index (κ1) is 16.1. The summed E-state index contributed by atoms with van der Waals surface area (Å²) in [6.45, 7) is -0.162. The molecule has 1 aliphatic heterocycles. The van der Waals surface area contributed by atoms with Gasteiger partial charge in [0.1, 0.15) is 18.2 Å². The summed E-state index contributed by atoms with van der Waals surface area (Å²) in [4.78, 5) is 35.7. The third-order valence-corrected chi connectivity index (χ3v) is 3.49. The van der Waals surface area contributed by atoms with E-state index >= 15 is 0 Å². The molecule has 0 radical (unpaired) electrons. The number of nitrogens with one attached hydrogen (secondary N) is 2. The number of hydrogen-bond donors (Lipinski definition) is 5. The second kappa shape index (κ2) is 5.19. The number of aliphatic hydroxyl groups excluding tert-OH is 2. The van der Waals surface area contributed by atoms with Gasteiger partial charge in [-0.25, -0.2) is 14.0 Å². The molecular weight excluding hydrogens is 305 g/mol. The molecule has 1 saturated heterocycles. The Labute approximate surface area is 121 Å². The van der Waals surface area contributed by atoms with Gasteiger partial charge in [-0.15, -0.1) is 0 Å². The van der Waals surface area contributed by atoms with Crippen LogP contribution in [0.25, 0.3) is 0 Å². The highest BCUT2D eigenvalue weighted by Gasteiger charge is 2.64. The Hall–Kier alpha value is -2.24. The number of ether oxygens (including phenoxy) is 1. The van der Waals surface area contributed by atoms with E-state index in [-0.39, 0.29) is 0 Å². The van der Waals surface area contributed by atoms with Gasteiger partial charge in [0.05, 0.1) is 0 Å². The van der Waals surface area contributed by atoms with Gasteiger partial charge in [-0.05, 0) is 6.92 Å². The van der Waals surface area contributed by atoms with E-state index in [1.165, 1.54) is 0 Å².